The van der Waals surface area contributed by atoms with Crippen LogP contribution in [0.15, 0.2) is 48.5 Å². The predicted octanol–water partition coefficient (Wildman–Crippen LogP) is 6.50. The summed E-state index contributed by atoms with van der Waals surface area (Å²) in [6.45, 7) is 4.39. The lowest BCUT2D eigenvalue weighted by atomic mass is 9.48. The number of carbonyl (C=O) groups is 2. The van der Waals surface area contributed by atoms with Gasteiger partial charge in [-0.25, -0.2) is 4.79 Å². The van der Waals surface area contributed by atoms with Crippen LogP contribution in [0.25, 0.3) is 10.9 Å². The summed E-state index contributed by atoms with van der Waals surface area (Å²) in [6, 6.07) is 16.0. The highest BCUT2D eigenvalue weighted by Crippen LogP contribution is 2.63. The van der Waals surface area contributed by atoms with E-state index < -0.39 is 12.0 Å². The summed E-state index contributed by atoms with van der Waals surface area (Å²) in [4.78, 5) is 27.8. The summed E-state index contributed by atoms with van der Waals surface area (Å²) in [5.41, 5.74) is 6.08. The monoisotopic (exact) mass is 510 g/mol. The van der Waals surface area contributed by atoms with Crippen molar-refractivity contribution in [3.63, 3.8) is 0 Å². The Morgan fingerprint density at radius 2 is 1.63 bits per heavy atom. The van der Waals surface area contributed by atoms with Crippen molar-refractivity contribution < 1.29 is 14.7 Å². The number of amides is 1. The van der Waals surface area contributed by atoms with Crippen molar-refractivity contribution in [1.82, 2.24) is 9.47 Å². The maximum Gasteiger partial charge on any atom is 0.326 e. The van der Waals surface area contributed by atoms with Crippen LogP contribution in [-0.2, 0) is 22.6 Å². The Hall–Kier alpha value is -3.08. The minimum absolute atomic E-state index is 0.120. The van der Waals surface area contributed by atoms with Crippen molar-refractivity contribution >= 4 is 22.8 Å². The first-order valence-electron chi connectivity index (χ1n) is 14.5. The third-order valence-corrected chi connectivity index (χ3v) is 10.4. The van der Waals surface area contributed by atoms with Gasteiger partial charge >= 0.3 is 5.97 Å². The predicted molar refractivity (Wildman–Crippen MR) is 148 cm³/mol. The molecular weight excluding hydrogens is 472 g/mol. The molecule has 8 rings (SSSR count). The Morgan fingerprint density at radius 1 is 0.974 bits per heavy atom. The standard InChI is InChI=1S/C33H38N2O3/c1-20-8-9-28-26(10-20)27-14-29(32(37)38)35(21(2)36)30(31(27)34(28)19-22-6-4-3-5-7-22)18-33-15-23-11-24(16-33)13-25(12-23)17-33/h3-10,23-25,29-30H,11-19H2,1-2H3,(H,37,38). The van der Waals surface area contributed by atoms with E-state index in [1.54, 1.807) is 11.8 Å². The maximum absolute atomic E-state index is 13.3. The molecule has 2 aromatic carbocycles. The van der Waals surface area contributed by atoms with Crippen LogP contribution >= 0.6 is 0 Å². The largest absolute Gasteiger partial charge is 0.480 e. The molecule has 1 N–H and O–H groups in total. The molecule has 5 nitrogen and oxygen atoms in total. The molecule has 1 amide bonds. The van der Waals surface area contributed by atoms with Crippen molar-refractivity contribution in [2.75, 3.05) is 0 Å². The molecular formula is C33H38N2O3. The first kappa shape index (κ1) is 24.0. The van der Waals surface area contributed by atoms with E-state index in [4.69, 9.17) is 0 Å². The molecule has 1 aromatic heterocycles. The molecule has 5 heteroatoms. The summed E-state index contributed by atoms with van der Waals surface area (Å²) in [7, 11) is 0. The number of aliphatic carboxylic acids is 1. The van der Waals surface area contributed by atoms with Crippen molar-refractivity contribution in [3.05, 3.63) is 70.9 Å². The molecule has 4 fully saturated rings. The van der Waals surface area contributed by atoms with Crippen LogP contribution in [0.1, 0.15) is 80.3 Å². The van der Waals surface area contributed by atoms with Gasteiger partial charge in [0.2, 0.25) is 5.91 Å². The highest BCUT2D eigenvalue weighted by molar-refractivity contribution is 5.90. The Kier molecular flexibility index (Phi) is 5.51. The molecule has 198 valence electrons. The van der Waals surface area contributed by atoms with E-state index >= 15 is 0 Å². The number of carbonyl (C=O) groups excluding carboxylic acids is 1. The second-order valence-electron chi connectivity index (χ2n) is 13.1. The number of fused-ring (bicyclic) bond motifs is 3. The second kappa shape index (κ2) is 8.72. The fourth-order valence-corrected chi connectivity index (χ4v) is 9.52. The Bertz CT molecular complexity index is 1390. The highest BCUT2D eigenvalue weighted by Gasteiger charge is 2.54. The van der Waals surface area contributed by atoms with E-state index in [9.17, 15) is 14.7 Å². The summed E-state index contributed by atoms with van der Waals surface area (Å²) >= 11 is 0. The quantitative estimate of drug-likeness (QED) is 0.426. The van der Waals surface area contributed by atoms with Gasteiger partial charge < -0.3 is 14.6 Å². The molecule has 4 aliphatic carbocycles. The fraction of sp³-hybridized carbons (Fsp3) is 0.515. The van der Waals surface area contributed by atoms with Crippen LogP contribution in [0, 0.1) is 30.1 Å². The summed E-state index contributed by atoms with van der Waals surface area (Å²) in [6.07, 6.45) is 9.09. The van der Waals surface area contributed by atoms with Gasteiger partial charge in [-0.3, -0.25) is 4.79 Å². The number of aromatic nitrogens is 1. The molecule has 4 saturated carbocycles. The van der Waals surface area contributed by atoms with E-state index in [1.165, 1.54) is 55.3 Å². The van der Waals surface area contributed by atoms with E-state index in [2.05, 4.69) is 54.0 Å². The number of carboxylic acids is 1. The lowest BCUT2D eigenvalue weighted by molar-refractivity contribution is -0.155. The summed E-state index contributed by atoms with van der Waals surface area (Å²) < 4.78 is 2.42. The number of rotatable bonds is 5. The van der Waals surface area contributed by atoms with Crippen molar-refractivity contribution in [2.45, 2.75) is 83.8 Å². The Morgan fingerprint density at radius 3 is 2.24 bits per heavy atom. The van der Waals surface area contributed by atoms with Crippen molar-refractivity contribution in [1.29, 1.82) is 0 Å². The molecule has 4 bridgehead atoms. The summed E-state index contributed by atoms with van der Waals surface area (Å²) in [5, 5.41) is 11.6. The summed E-state index contributed by atoms with van der Waals surface area (Å²) in [5.74, 6) is 1.41. The molecule has 2 unspecified atom stereocenters. The fourth-order valence-electron chi connectivity index (χ4n) is 9.52. The number of carboxylic acid groups (broad SMARTS) is 1. The van der Waals surface area contributed by atoms with Gasteiger partial charge in [0.05, 0.1) is 6.04 Å². The molecule has 5 aliphatic rings. The molecule has 0 saturated heterocycles. The SMILES string of the molecule is CC(=O)N1C(C(=O)O)Cc2c(n(Cc3ccccc3)c3ccc(C)cc23)C1CC12CC3CC(CC(C3)C1)C2. The van der Waals surface area contributed by atoms with Gasteiger partial charge in [0.25, 0.3) is 0 Å². The van der Waals surface area contributed by atoms with Crippen molar-refractivity contribution in [2.24, 2.45) is 23.2 Å². The van der Waals surface area contributed by atoms with Gasteiger partial charge in [0.15, 0.2) is 0 Å². The number of aryl methyl sites for hydroxylation is 1. The van der Waals surface area contributed by atoms with E-state index in [-0.39, 0.29) is 17.4 Å². The first-order valence-corrected chi connectivity index (χ1v) is 14.5. The van der Waals surface area contributed by atoms with Gasteiger partial charge in [-0.15, -0.1) is 0 Å². The maximum atomic E-state index is 13.3. The highest BCUT2D eigenvalue weighted by atomic mass is 16.4. The number of hydrogen-bond acceptors (Lipinski definition) is 2. The van der Waals surface area contributed by atoms with Crippen LogP contribution in [0.3, 0.4) is 0 Å². The van der Waals surface area contributed by atoms with Gasteiger partial charge in [-0.1, -0.05) is 42.0 Å². The van der Waals surface area contributed by atoms with Gasteiger partial charge in [0, 0.05) is 36.5 Å². The lowest BCUT2D eigenvalue weighted by Crippen LogP contribution is -2.54. The third kappa shape index (κ3) is 3.80. The van der Waals surface area contributed by atoms with Crippen LogP contribution < -0.4 is 0 Å². The molecule has 1 aliphatic heterocycles. The zero-order valence-electron chi connectivity index (χ0n) is 22.5. The van der Waals surface area contributed by atoms with Gasteiger partial charge in [-0.05, 0) is 98.3 Å². The van der Waals surface area contributed by atoms with E-state index in [0.717, 1.165) is 47.2 Å². The first-order chi connectivity index (χ1) is 18.3. The number of benzene rings is 2. The van der Waals surface area contributed by atoms with Crippen LogP contribution in [0.4, 0.5) is 0 Å². The minimum atomic E-state index is -0.891. The topological polar surface area (TPSA) is 62.5 Å². The zero-order valence-corrected chi connectivity index (χ0v) is 22.5. The molecule has 0 radical (unpaired) electrons. The number of nitrogens with zero attached hydrogens (tertiary/aromatic N) is 2. The van der Waals surface area contributed by atoms with E-state index in [0.29, 0.717) is 6.42 Å². The molecule has 2 heterocycles. The van der Waals surface area contributed by atoms with Crippen LogP contribution in [-0.4, -0.2) is 32.5 Å². The lowest BCUT2D eigenvalue weighted by Gasteiger charge is -2.58. The molecule has 38 heavy (non-hydrogen) atoms. The number of hydrogen-bond donors (Lipinski definition) is 1. The molecule has 3 aromatic rings. The minimum Gasteiger partial charge on any atom is -0.480 e. The Labute approximate surface area is 224 Å². The molecule has 0 spiro atoms. The second-order valence-corrected chi connectivity index (χ2v) is 13.1. The third-order valence-electron chi connectivity index (χ3n) is 10.4. The zero-order chi connectivity index (χ0) is 26.2. The average Bonchev–Trinajstić information content (AvgIpc) is 3.15. The van der Waals surface area contributed by atoms with Crippen LogP contribution in [0.2, 0.25) is 0 Å². The molecule has 2 atom stereocenters. The van der Waals surface area contributed by atoms with Crippen LogP contribution in [0.5, 0.6) is 0 Å². The average molecular weight is 511 g/mol. The van der Waals surface area contributed by atoms with E-state index in [1.807, 2.05) is 6.07 Å². The van der Waals surface area contributed by atoms with Gasteiger partial charge in [-0.2, -0.15) is 0 Å². The smallest absolute Gasteiger partial charge is 0.326 e. The Balaban J connectivity index is 1.42. The normalized spacial score (nSPS) is 31.5. The van der Waals surface area contributed by atoms with Crippen molar-refractivity contribution in [3.8, 4) is 0 Å². The van der Waals surface area contributed by atoms with Gasteiger partial charge in [0.1, 0.15) is 6.04 Å².